The van der Waals surface area contributed by atoms with Crippen molar-refractivity contribution in [3.8, 4) is 5.88 Å². The minimum absolute atomic E-state index is 0.178. The van der Waals surface area contributed by atoms with E-state index in [1.54, 1.807) is 0 Å². The fraction of sp³-hybridized carbons (Fsp3) is 0.556. The van der Waals surface area contributed by atoms with Crippen LogP contribution in [0.15, 0.2) is 6.20 Å². The number of rotatable bonds is 3. The van der Waals surface area contributed by atoms with Crippen molar-refractivity contribution < 1.29 is 9.84 Å². The Labute approximate surface area is 87.5 Å². The van der Waals surface area contributed by atoms with E-state index in [4.69, 9.17) is 10.5 Å². The van der Waals surface area contributed by atoms with Gasteiger partial charge in [0.1, 0.15) is 5.69 Å². The second-order valence-corrected chi connectivity index (χ2v) is 3.49. The van der Waals surface area contributed by atoms with Crippen LogP contribution in [0.1, 0.15) is 12.8 Å². The highest BCUT2D eigenvalue weighted by Crippen LogP contribution is 2.17. The third-order valence-corrected chi connectivity index (χ3v) is 2.31. The molecule has 2 heterocycles. The van der Waals surface area contributed by atoms with Crippen LogP contribution in [0.5, 0.6) is 5.88 Å². The summed E-state index contributed by atoms with van der Waals surface area (Å²) in [7, 11) is 0. The number of nitrogens with one attached hydrogen (secondary N) is 1. The van der Waals surface area contributed by atoms with Gasteiger partial charge in [-0.25, -0.2) is 4.98 Å². The van der Waals surface area contributed by atoms with Crippen LogP contribution in [0, 0.1) is 0 Å². The van der Waals surface area contributed by atoms with Gasteiger partial charge in [0.2, 0.25) is 11.8 Å². The predicted octanol–water partition coefficient (Wildman–Crippen LogP) is 0.355. The van der Waals surface area contributed by atoms with Gasteiger partial charge in [0.05, 0.1) is 12.3 Å². The monoisotopic (exact) mass is 210 g/mol. The van der Waals surface area contributed by atoms with Crippen LogP contribution >= 0.6 is 0 Å². The fourth-order valence-corrected chi connectivity index (χ4v) is 1.48. The molecule has 1 aromatic rings. The second kappa shape index (κ2) is 4.31. The van der Waals surface area contributed by atoms with Gasteiger partial charge >= 0.3 is 0 Å². The van der Waals surface area contributed by atoms with E-state index < -0.39 is 0 Å². The number of aromatic hydroxyl groups is 1. The van der Waals surface area contributed by atoms with Crippen LogP contribution in [-0.2, 0) is 4.74 Å². The molecule has 4 N–H and O–H groups in total. The number of hydrogen-bond acceptors (Lipinski definition) is 6. The van der Waals surface area contributed by atoms with Gasteiger partial charge in [-0.05, 0) is 12.8 Å². The largest absolute Gasteiger partial charge is 0.492 e. The molecule has 1 aromatic heterocycles. The summed E-state index contributed by atoms with van der Waals surface area (Å²) >= 11 is 0. The summed E-state index contributed by atoms with van der Waals surface area (Å²) in [5.74, 6) is 0.178. The molecule has 6 heteroatoms. The van der Waals surface area contributed by atoms with Crippen LogP contribution < -0.4 is 11.1 Å². The molecule has 0 aliphatic carbocycles. The molecule has 1 aliphatic heterocycles. The molecule has 1 fully saturated rings. The molecule has 2 rings (SSSR count). The number of nitrogens with zero attached hydrogens (tertiary/aromatic N) is 2. The highest BCUT2D eigenvalue weighted by atomic mass is 16.5. The topological polar surface area (TPSA) is 93.3 Å². The average molecular weight is 210 g/mol. The van der Waals surface area contributed by atoms with Crippen LogP contribution in [0.25, 0.3) is 0 Å². The van der Waals surface area contributed by atoms with Crippen LogP contribution in [0.2, 0.25) is 0 Å². The Balaban J connectivity index is 1.90. The summed E-state index contributed by atoms with van der Waals surface area (Å²) in [5, 5.41) is 12.2. The molecule has 0 saturated carbocycles. The van der Waals surface area contributed by atoms with Crippen molar-refractivity contribution in [3.63, 3.8) is 0 Å². The Morgan fingerprint density at radius 2 is 2.53 bits per heavy atom. The molecule has 6 nitrogen and oxygen atoms in total. The summed E-state index contributed by atoms with van der Waals surface area (Å²) in [6.07, 6.45) is 3.74. The normalized spacial score (nSPS) is 20.4. The quantitative estimate of drug-likeness (QED) is 0.666. The zero-order valence-corrected chi connectivity index (χ0v) is 8.31. The molecular formula is C9H14N4O2. The fourth-order valence-electron chi connectivity index (χ4n) is 1.48. The lowest BCUT2D eigenvalue weighted by Gasteiger charge is -2.10. The molecule has 0 amide bonds. The van der Waals surface area contributed by atoms with Crippen molar-refractivity contribution in [1.29, 1.82) is 0 Å². The van der Waals surface area contributed by atoms with E-state index in [0.717, 1.165) is 19.4 Å². The van der Waals surface area contributed by atoms with E-state index in [-0.39, 0.29) is 17.7 Å². The predicted molar refractivity (Wildman–Crippen MR) is 55.6 cm³/mol. The maximum atomic E-state index is 9.24. The first-order chi connectivity index (χ1) is 7.25. The second-order valence-electron chi connectivity index (χ2n) is 3.49. The van der Waals surface area contributed by atoms with E-state index in [2.05, 4.69) is 15.3 Å². The first kappa shape index (κ1) is 9.97. The van der Waals surface area contributed by atoms with Gasteiger partial charge in [0.25, 0.3) is 0 Å². The molecule has 15 heavy (non-hydrogen) atoms. The van der Waals surface area contributed by atoms with Gasteiger partial charge in [0, 0.05) is 13.2 Å². The summed E-state index contributed by atoms with van der Waals surface area (Å²) < 4.78 is 5.42. The number of aromatic nitrogens is 2. The highest BCUT2D eigenvalue weighted by molar-refractivity contribution is 5.47. The van der Waals surface area contributed by atoms with Crippen molar-refractivity contribution in [2.75, 3.05) is 24.2 Å². The molecule has 0 radical (unpaired) electrons. The molecule has 1 unspecified atom stereocenters. The minimum atomic E-state index is -0.195. The highest BCUT2D eigenvalue weighted by Gasteiger charge is 2.15. The van der Waals surface area contributed by atoms with Crippen molar-refractivity contribution in [2.45, 2.75) is 18.9 Å². The van der Waals surface area contributed by atoms with E-state index >= 15 is 0 Å². The third kappa shape index (κ3) is 2.47. The maximum absolute atomic E-state index is 9.24. The van der Waals surface area contributed by atoms with E-state index in [9.17, 15) is 5.11 Å². The standard InChI is InChI=1S/C9H14N4O2/c10-7-5-12-9(13-8(7)14)11-4-6-2-1-3-15-6/h5-6H,1-4,10H2,(H2,11,12,13,14). The van der Waals surface area contributed by atoms with Gasteiger partial charge in [-0.15, -0.1) is 0 Å². The van der Waals surface area contributed by atoms with Gasteiger partial charge in [-0.3, -0.25) is 0 Å². The van der Waals surface area contributed by atoms with Gasteiger partial charge in [-0.1, -0.05) is 0 Å². The van der Waals surface area contributed by atoms with Crippen molar-refractivity contribution in [3.05, 3.63) is 6.20 Å². The lowest BCUT2D eigenvalue weighted by molar-refractivity contribution is 0.120. The Kier molecular flexibility index (Phi) is 2.86. The molecule has 1 aliphatic rings. The Morgan fingerprint density at radius 1 is 1.67 bits per heavy atom. The number of hydrogen-bond donors (Lipinski definition) is 3. The molecule has 82 valence electrons. The van der Waals surface area contributed by atoms with Gasteiger partial charge < -0.3 is 20.9 Å². The summed E-state index contributed by atoms with van der Waals surface area (Å²) in [4.78, 5) is 7.72. The molecule has 1 saturated heterocycles. The van der Waals surface area contributed by atoms with E-state index in [0.29, 0.717) is 12.5 Å². The number of nitrogen functional groups attached to an aromatic ring is 1. The maximum Gasteiger partial charge on any atom is 0.239 e. The molecule has 0 aromatic carbocycles. The Bertz CT molecular complexity index is 339. The number of ether oxygens (including phenoxy) is 1. The van der Waals surface area contributed by atoms with Gasteiger partial charge in [0.15, 0.2) is 0 Å². The Morgan fingerprint density at radius 3 is 3.20 bits per heavy atom. The van der Waals surface area contributed by atoms with Crippen LogP contribution in [-0.4, -0.2) is 34.3 Å². The smallest absolute Gasteiger partial charge is 0.239 e. The van der Waals surface area contributed by atoms with E-state index in [1.807, 2.05) is 0 Å². The minimum Gasteiger partial charge on any atom is -0.492 e. The lowest BCUT2D eigenvalue weighted by atomic mass is 10.2. The Hall–Kier alpha value is -1.56. The SMILES string of the molecule is Nc1cnc(NCC2CCCO2)nc1O. The third-order valence-electron chi connectivity index (χ3n) is 2.31. The van der Waals surface area contributed by atoms with Crippen molar-refractivity contribution in [1.82, 2.24) is 9.97 Å². The van der Waals surface area contributed by atoms with Crippen molar-refractivity contribution >= 4 is 11.6 Å². The molecule has 0 spiro atoms. The average Bonchev–Trinajstić information content (AvgIpc) is 2.73. The van der Waals surface area contributed by atoms with Crippen LogP contribution in [0.4, 0.5) is 11.6 Å². The first-order valence-electron chi connectivity index (χ1n) is 4.92. The lowest BCUT2D eigenvalue weighted by Crippen LogP contribution is -2.19. The summed E-state index contributed by atoms with van der Waals surface area (Å²) in [6.45, 7) is 1.48. The van der Waals surface area contributed by atoms with E-state index in [1.165, 1.54) is 6.20 Å². The first-order valence-corrected chi connectivity index (χ1v) is 4.92. The molecular weight excluding hydrogens is 196 g/mol. The number of anilines is 2. The zero-order chi connectivity index (χ0) is 10.7. The summed E-state index contributed by atoms with van der Waals surface area (Å²) in [6, 6.07) is 0. The zero-order valence-electron chi connectivity index (χ0n) is 8.31. The van der Waals surface area contributed by atoms with Crippen molar-refractivity contribution in [2.24, 2.45) is 0 Å². The number of nitrogens with two attached hydrogens (primary N) is 1. The molecule has 0 bridgehead atoms. The summed E-state index contributed by atoms with van der Waals surface area (Å²) in [5.41, 5.74) is 5.56. The van der Waals surface area contributed by atoms with Gasteiger partial charge in [-0.2, -0.15) is 4.98 Å². The molecule has 1 atom stereocenters. The van der Waals surface area contributed by atoms with Crippen LogP contribution in [0.3, 0.4) is 0 Å².